The highest BCUT2D eigenvalue weighted by molar-refractivity contribution is 7.98. The molecule has 274 valence electrons. The van der Waals surface area contributed by atoms with Crippen molar-refractivity contribution in [2.45, 2.75) is 95.0 Å². The molecule has 0 aromatic heterocycles. The van der Waals surface area contributed by atoms with Crippen LogP contribution in [0.5, 0.6) is 11.5 Å². The molecule has 0 spiro atoms. The summed E-state index contributed by atoms with van der Waals surface area (Å²) in [5, 5.41) is 10.1. The molecule has 2 aliphatic carbocycles. The fourth-order valence-electron chi connectivity index (χ4n) is 7.69. The minimum atomic E-state index is -4.64. The zero-order valence-electron chi connectivity index (χ0n) is 29.4. The maximum absolute atomic E-state index is 10.4. The zero-order chi connectivity index (χ0) is 35.6. The minimum absolute atomic E-state index is 0.225. The molecule has 49 heavy (non-hydrogen) atoms. The van der Waals surface area contributed by atoms with Crippen LogP contribution in [0.1, 0.15) is 48.9 Å². The van der Waals surface area contributed by atoms with Crippen LogP contribution in [0.3, 0.4) is 0 Å². The molecule has 4 aliphatic rings. The number of nitrogens with zero attached hydrogens (tertiary/aromatic N) is 2. The highest BCUT2D eigenvalue weighted by atomic mass is 32.2. The van der Waals surface area contributed by atoms with E-state index in [1.165, 1.54) is 36.1 Å². The molecule has 1 N–H and O–H groups in total. The summed E-state index contributed by atoms with van der Waals surface area (Å²) in [7, 11) is 1.77. The summed E-state index contributed by atoms with van der Waals surface area (Å²) in [6.45, 7) is 8.96. The predicted octanol–water partition coefficient (Wildman–Crippen LogP) is 6.45. The second kappa shape index (κ2) is 19.0. The van der Waals surface area contributed by atoms with Gasteiger partial charge in [-0.15, -0.1) is 0 Å². The number of aromatic hydroxyl groups is 1. The molecule has 12 heteroatoms. The first kappa shape index (κ1) is 39.8. The molecule has 6 rings (SSSR count). The van der Waals surface area contributed by atoms with Crippen molar-refractivity contribution in [2.75, 3.05) is 57.3 Å². The molecule has 0 bridgehead atoms. The van der Waals surface area contributed by atoms with Gasteiger partial charge >= 0.3 is 6.18 Å². The molecule has 7 nitrogen and oxygen atoms in total. The lowest BCUT2D eigenvalue weighted by Gasteiger charge is -2.47. The van der Waals surface area contributed by atoms with Crippen molar-refractivity contribution >= 4 is 29.8 Å². The van der Waals surface area contributed by atoms with E-state index in [4.69, 9.17) is 19.0 Å². The number of phenols is 1. The SMILES string of the molecule is CCCN1C[C@H](CSC)O[C@@H]2Cc3c(O)cccc3C[C@H]21.CCCN1C[C@H](CSC)O[C@@H]2Cc3c(cccc3OC)C[C@H]21.O=CC(F)(F)F. The number of phenolic OH excluding ortho intramolecular Hbond substituents is 1. The number of hydrogen-bond donors (Lipinski definition) is 1. The van der Waals surface area contributed by atoms with Gasteiger partial charge < -0.3 is 19.3 Å². The van der Waals surface area contributed by atoms with Crippen LogP contribution in [0.2, 0.25) is 0 Å². The van der Waals surface area contributed by atoms with E-state index < -0.39 is 12.5 Å². The van der Waals surface area contributed by atoms with Crippen LogP contribution in [0.4, 0.5) is 13.2 Å². The Morgan fingerprint density at radius 3 is 1.76 bits per heavy atom. The topological polar surface area (TPSA) is 71.5 Å². The average Bonchev–Trinajstić information content (AvgIpc) is 3.08. The zero-order valence-corrected chi connectivity index (χ0v) is 31.0. The number of aldehydes is 1. The summed E-state index contributed by atoms with van der Waals surface area (Å²) in [5.41, 5.74) is 5.19. The second-order valence-corrected chi connectivity index (χ2v) is 14.9. The summed E-state index contributed by atoms with van der Waals surface area (Å²) in [5.74, 6) is 3.59. The number of benzene rings is 2. The lowest BCUT2D eigenvalue weighted by atomic mass is 9.83. The summed E-state index contributed by atoms with van der Waals surface area (Å²) in [6, 6.07) is 13.3. The minimum Gasteiger partial charge on any atom is -0.508 e. The Kier molecular flexibility index (Phi) is 15.5. The fourth-order valence-corrected chi connectivity index (χ4v) is 8.80. The van der Waals surface area contributed by atoms with Gasteiger partial charge in [0.1, 0.15) is 11.5 Å². The number of morpholine rings is 2. The summed E-state index contributed by atoms with van der Waals surface area (Å²) in [4.78, 5) is 14.0. The number of rotatable bonds is 9. The van der Waals surface area contributed by atoms with E-state index in [0.29, 0.717) is 36.1 Å². The molecular weight excluding hydrogens is 674 g/mol. The Balaban J connectivity index is 0.000000190. The predicted molar refractivity (Wildman–Crippen MR) is 193 cm³/mol. The first-order chi connectivity index (χ1) is 23.5. The number of carbonyl (C=O) groups is 1. The maximum atomic E-state index is 10.4. The molecular formula is C37H53F3N2O5S2. The van der Waals surface area contributed by atoms with Crippen molar-refractivity contribution < 1.29 is 37.3 Å². The third-order valence-corrected chi connectivity index (χ3v) is 11.0. The van der Waals surface area contributed by atoms with Gasteiger partial charge in [0.2, 0.25) is 6.29 Å². The Morgan fingerprint density at radius 2 is 1.31 bits per heavy atom. The lowest BCUT2D eigenvalue weighted by Crippen LogP contribution is -2.58. The average molecular weight is 727 g/mol. The van der Waals surface area contributed by atoms with Crippen molar-refractivity contribution in [1.82, 2.24) is 9.80 Å². The Hall–Kier alpha value is -1.96. The third kappa shape index (κ3) is 10.8. The number of alkyl halides is 3. The number of fused-ring (bicyclic) bond motifs is 4. The number of methoxy groups -OCH3 is 1. The molecule has 0 amide bonds. The van der Waals surface area contributed by atoms with Gasteiger partial charge in [0.15, 0.2) is 0 Å². The van der Waals surface area contributed by atoms with Crippen molar-refractivity contribution in [3.8, 4) is 11.5 Å². The van der Waals surface area contributed by atoms with Crippen molar-refractivity contribution in [3.63, 3.8) is 0 Å². The quantitative estimate of drug-likeness (QED) is 0.294. The fraction of sp³-hybridized carbons (Fsp3) is 0.649. The standard InChI is InChI=1S/C18H27NO2S.C17H25NO2S.C2HF3O/c1-4-8-19-11-14(12-22-3)21-18-10-15-13(9-16(18)19)6-5-7-17(15)20-2;1-3-7-18-10-13(11-21-2)20-17-9-14-12(8-15(17)18)5-4-6-16(14)19;3-2(4,5)1-6/h5-7,14,16,18H,4,8-12H2,1-3H3;4-6,13,15,17,19H,3,7-11H2,1-2H3;1H/t14-,16-,18-;13-,15-,17-;/m11./s1. The van der Waals surface area contributed by atoms with Gasteiger partial charge in [-0.1, -0.05) is 38.1 Å². The van der Waals surface area contributed by atoms with Gasteiger partial charge in [-0.2, -0.15) is 36.7 Å². The molecule has 2 aliphatic heterocycles. The molecule has 6 atom stereocenters. The van der Waals surface area contributed by atoms with Gasteiger partial charge in [-0.3, -0.25) is 14.6 Å². The first-order valence-electron chi connectivity index (χ1n) is 17.3. The van der Waals surface area contributed by atoms with Crippen LogP contribution in [0.25, 0.3) is 0 Å². The van der Waals surface area contributed by atoms with E-state index >= 15 is 0 Å². The van der Waals surface area contributed by atoms with E-state index in [0.717, 1.165) is 68.1 Å². The Bertz CT molecular complexity index is 1340. The number of thioether (sulfide) groups is 2. The summed E-state index contributed by atoms with van der Waals surface area (Å²) in [6.07, 6.45) is 6.12. The maximum Gasteiger partial charge on any atom is 0.446 e. The lowest BCUT2D eigenvalue weighted by molar-refractivity contribution is -0.156. The molecule has 0 saturated carbocycles. The number of carbonyl (C=O) groups excluding carboxylic acids is 1. The molecule has 2 saturated heterocycles. The van der Waals surface area contributed by atoms with Crippen LogP contribution < -0.4 is 4.74 Å². The van der Waals surface area contributed by atoms with Crippen molar-refractivity contribution in [2.24, 2.45) is 0 Å². The van der Waals surface area contributed by atoms with Crippen LogP contribution in [-0.4, -0.2) is 121 Å². The van der Waals surface area contributed by atoms with Crippen molar-refractivity contribution in [1.29, 1.82) is 0 Å². The largest absolute Gasteiger partial charge is 0.508 e. The van der Waals surface area contributed by atoms with E-state index in [2.05, 4.69) is 60.4 Å². The summed E-state index contributed by atoms with van der Waals surface area (Å²) >= 11 is 3.74. The highest BCUT2D eigenvalue weighted by Gasteiger charge is 2.41. The van der Waals surface area contributed by atoms with Crippen LogP contribution >= 0.6 is 23.5 Å². The molecule has 2 heterocycles. The molecule has 0 radical (unpaired) electrons. The van der Waals surface area contributed by atoms with Gasteiger partial charge in [-0.25, -0.2) is 0 Å². The van der Waals surface area contributed by atoms with Crippen LogP contribution in [-0.2, 0) is 40.0 Å². The Labute approximate surface area is 298 Å². The van der Waals surface area contributed by atoms with E-state index in [1.54, 1.807) is 13.2 Å². The molecule has 2 aromatic rings. The van der Waals surface area contributed by atoms with Gasteiger partial charge in [0.25, 0.3) is 0 Å². The van der Waals surface area contributed by atoms with Gasteiger partial charge in [-0.05, 0) is 85.7 Å². The van der Waals surface area contributed by atoms with E-state index in [-0.39, 0.29) is 6.10 Å². The third-order valence-electron chi connectivity index (χ3n) is 9.63. The molecule has 2 aromatic carbocycles. The van der Waals surface area contributed by atoms with Crippen molar-refractivity contribution in [3.05, 3.63) is 58.7 Å². The molecule has 0 unspecified atom stereocenters. The smallest absolute Gasteiger partial charge is 0.446 e. The summed E-state index contributed by atoms with van der Waals surface area (Å²) < 4.78 is 49.6. The number of hydrogen-bond acceptors (Lipinski definition) is 9. The normalized spacial score (nSPS) is 26.4. The molecule has 2 fully saturated rings. The highest BCUT2D eigenvalue weighted by Crippen LogP contribution is 2.37. The monoisotopic (exact) mass is 726 g/mol. The number of ether oxygens (including phenoxy) is 3. The Morgan fingerprint density at radius 1 is 0.837 bits per heavy atom. The number of halogens is 3. The van der Waals surface area contributed by atoms with Crippen LogP contribution in [0, 0.1) is 0 Å². The van der Waals surface area contributed by atoms with E-state index in [9.17, 15) is 18.3 Å². The van der Waals surface area contributed by atoms with Gasteiger partial charge in [0, 0.05) is 49.5 Å². The second-order valence-electron chi connectivity index (χ2n) is 13.1. The van der Waals surface area contributed by atoms with Gasteiger partial charge in [0.05, 0.1) is 31.5 Å². The van der Waals surface area contributed by atoms with E-state index in [1.807, 2.05) is 29.6 Å². The van der Waals surface area contributed by atoms with Crippen LogP contribution in [0.15, 0.2) is 36.4 Å². The first-order valence-corrected chi connectivity index (χ1v) is 20.1.